The predicted octanol–water partition coefficient (Wildman–Crippen LogP) is 4.52. The maximum atomic E-state index is 13.3. The van der Waals surface area contributed by atoms with Gasteiger partial charge in [0.1, 0.15) is 5.56 Å². The molecule has 3 rings (SSSR count). The zero-order chi connectivity index (χ0) is 20.5. The van der Waals surface area contributed by atoms with Crippen LogP contribution in [0.2, 0.25) is 0 Å². The number of hydrogen-bond acceptors (Lipinski definition) is 6. The van der Waals surface area contributed by atoms with Crippen LogP contribution in [0.1, 0.15) is 11.5 Å². The van der Waals surface area contributed by atoms with Crippen LogP contribution in [0.3, 0.4) is 0 Å². The average molecular weight is 401 g/mol. The smallest absolute Gasteiger partial charge is 0.423 e. The second kappa shape index (κ2) is 7.21. The van der Waals surface area contributed by atoms with Gasteiger partial charge in [-0.1, -0.05) is 11.2 Å². The second-order valence-electron chi connectivity index (χ2n) is 5.34. The molecular formula is C16H8F5N3O4. The minimum absolute atomic E-state index is 0.0824. The lowest BCUT2D eigenvalue weighted by molar-refractivity contribution is -0.389. The number of hydrogen-bond donors (Lipinski definition) is 0. The van der Waals surface area contributed by atoms with Crippen molar-refractivity contribution in [2.45, 2.75) is 12.8 Å². The van der Waals surface area contributed by atoms with Crippen LogP contribution in [0.15, 0.2) is 40.9 Å². The summed E-state index contributed by atoms with van der Waals surface area (Å²) in [5.74, 6) is -3.23. The van der Waals surface area contributed by atoms with Crippen molar-refractivity contribution in [3.05, 3.63) is 69.6 Å². The molecule has 0 bridgehead atoms. The third-order valence-corrected chi connectivity index (χ3v) is 3.48. The lowest BCUT2D eigenvalue weighted by Crippen LogP contribution is -2.10. The van der Waals surface area contributed by atoms with Crippen LogP contribution < -0.4 is 4.74 Å². The number of nitro groups is 1. The minimum atomic E-state index is -4.95. The highest BCUT2D eigenvalue weighted by molar-refractivity contribution is 5.55. The third-order valence-electron chi connectivity index (χ3n) is 3.48. The van der Waals surface area contributed by atoms with Crippen molar-refractivity contribution < 1.29 is 36.1 Å². The number of ether oxygens (including phenoxy) is 1. The number of nitro benzene ring substituents is 1. The largest absolute Gasteiger partial charge is 0.477 e. The van der Waals surface area contributed by atoms with Gasteiger partial charge < -0.3 is 9.26 Å². The Morgan fingerprint density at radius 1 is 1.14 bits per heavy atom. The zero-order valence-electron chi connectivity index (χ0n) is 13.5. The van der Waals surface area contributed by atoms with E-state index < -0.39 is 46.3 Å². The zero-order valence-corrected chi connectivity index (χ0v) is 13.5. The van der Waals surface area contributed by atoms with E-state index in [1.807, 2.05) is 0 Å². The van der Waals surface area contributed by atoms with Crippen molar-refractivity contribution in [1.29, 1.82) is 0 Å². The van der Waals surface area contributed by atoms with Gasteiger partial charge in [-0.2, -0.15) is 18.2 Å². The first-order chi connectivity index (χ1) is 13.2. The van der Waals surface area contributed by atoms with Gasteiger partial charge in [-0.25, -0.2) is 8.78 Å². The summed E-state index contributed by atoms with van der Waals surface area (Å²) in [6, 6.07) is 5.35. The van der Waals surface area contributed by atoms with E-state index in [0.717, 1.165) is 24.3 Å². The minimum Gasteiger partial charge on any atom is -0.477 e. The van der Waals surface area contributed by atoms with Crippen molar-refractivity contribution in [3.8, 4) is 17.1 Å². The number of rotatable bonds is 5. The van der Waals surface area contributed by atoms with Crippen molar-refractivity contribution in [1.82, 2.24) is 10.1 Å². The van der Waals surface area contributed by atoms with Crippen LogP contribution >= 0.6 is 0 Å². The number of alkyl halides is 3. The van der Waals surface area contributed by atoms with Gasteiger partial charge >= 0.3 is 11.9 Å². The number of aromatic nitrogens is 2. The molecule has 0 fully saturated rings. The average Bonchev–Trinajstić information content (AvgIpc) is 3.10. The SMILES string of the molecule is O=[N+]([O-])c1c(OCc2nc(-c3ccc(F)c(F)c3)no2)cccc1C(F)(F)F. The molecule has 0 N–H and O–H groups in total. The quantitative estimate of drug-likeness (QED) is 0.355. The molecule has 0 unspecified atom stereocenters. The third kappa shape index (κ3) is 3.89. The van der Waals surface area contributed by atoms with Gasteiger partial charge in [0.05, 0.1) is 4.92 Å². The van der Waals surface area contributed by atoms with Crippen molar-refractivity contribution in [3.63, 3.8) is 0 Å². The Labute approximate surface area is 152 Å². The van der Waals surface area contributed by atoms with Gasteiger partial charge in [-0.3, -0.25) is 10.1 Å². The van der Waals surface area contributed by atoms with E-state index in [0.29, 0.717) is 6.07 Å². The Hall–Kier alpha value is -3.57. The highest BCUT2D eigenvalue weighted by atomic mass is 19.4. The summed E-state index contributed by atoms with van der Waals surface area (Å²) >= 11 is 0. The van der Waals surface area contributed by atoms with E-state index in [2.05, 4.69) is 10.1 Å². The van der Waals surface area contributed by atoms with Gasteiger partial charge in [0.15, 0.2) is 24.0 Å². The molecular weight excluding hydrogens is 393 g/mol. The van der Waals surface area contributed by atoms with Crippen LogP contribution in [0.25, 0.3) is 11.4 Å². The Kier molecular flexibility index (Phi) is 4.94. The van der Waals surface area contributed by atoms with Gasteiger partial charge in [-0.15, -0.1) is 0 Å². The summed E-state index contributed by atoms with van der Waals surface area (Å²) in [5, 5.41) is 14.6. The van der Waals surface area contributed by atoms with Gasteiger partial charge in [0, 0.05) is 5.56 Å². The summed E-state index contributed by atoms with van der Waals surface area (Å²) in [4.78, 5) is 13.7. The standard InChI is InChI=1S/C16H8F5N3O4/c17-10-5-4-8(6-11(10)18)15-22-13(28-23-15)7-27-12-3-1-2-9(16(19,20)21)14(12)24(25)26/h1-6H,7H2. The lowest BCUT2D eigenvalue weighted by atomic mass is 10.1. The number of benzene rings is 2. The first-order valence-electron chi connectivity index (χ1n) is 7.42. The molecule has 0 radical (unpaired) electrons. The number of halogens is 5. The predicted molar refractivity (Wildman–Crippen MR) is 82.1 cm³/mol. The molecule has 0 aliphatic carbocycles. The van der Waals surface area contributed by atoms with Gasteiger partial charge in [0.2, 0.25) is 5.82 Å². The Balaban J connectivity index is 1.83. The van der Waals surface area contributed by atoms with E-state index in [4.69, 9.17) is 9.26 Å². The molecule has 0 aliphatic heterocycles. The van der Waals surface area contributed by atoms with Crippen molar-refractivity contribution in [2.24, 2.45) is 0 Å². The highest BCUT2D eigenvalue weighted by Crippen LogP contribution is 2.41. The molecule has 0 atom stereocenters. The molecule has 1 heterocycles. The molecule has 7 nitrogen and oxygen atoms in total. The van der Waals surface area contributed by atoms with Crippen LogP contribution in [0, 0.1) is 21.7 Å². The molecule has 146 valence electrons. The van der Waals surface area contributed by atoms with Crippen LogP contribution in [0.5, 0.6) is 5.75 Å². The van der Waals surface area contributed by atoms with Gasteiger partial charge in [0.25, 0.3) is 5.89 Å². The summed E-state index contributed by atoms with van der Waals surface area (Å²) in [7, 11) is 0. The molecule has 2 aromatic carbocycles. The Morgan fingerprint density at radius 2 is 1.89 bits per heavy atom. The molecule has 28 heavy (non-hydrogen) atoms. The molecule has 0 spiro atoms. The van der Waals surface area contributed by atoms with E-state index >= 15 is 0 Å². The molecule has 0 aliphatic rings. The monoisotopic (exact) mass is 401 g/mol. The molecule has 0 saturated carbocycles. The summed E-state index contributed by atoms with van der Waals surface area (Å²) < 4.78 is 74.9. The second-order valence-corrected chi connectivity index (χ2v) is 5.34. The molecule has 0 amide bonds. The molecule has 3 aromatic rings. The first kappa shape index (κ1) is 19.2. The molecule has 0 saturated heterocycles. The van der Waals surface area contributed by atoms with E-state index in [9.17, 15) is 32.1 Å². The number of nitrogens with zero attached hydrogens (tertiary/aromatic N) is 3. The normalized spacial score (nSPS) is 11.5. The Morgan fingerprint density at radius 3 is 2.54 bits per heavy atom. The van der Waals surface area contributed by atoms with E-state index in [1.165, 1.54) is 6.07 Å². The maximum Gasteiger partial charge on any atom is 0.423 e. The van der Waals surface area contributed by atoms with Crippen LogP contribution in [-0.2, 0) is 12.8 Å². The van der Waals surface area contributed by atoms with E-state index in [-0.39, 0.29) is 17.3 Å². The van der Waals surface area contributed by atoms with E-state index in [1.54, 1.807) is 0 Å². The molecule has 1 aromatic heterocycles. The van der Waals surface area contributed by atoms with Crippen LogP contribution in [-0.4, -0.2) is 15.1 Å². The van der Waals surface area contributed by atoms with Crippen molar-refractivity contribution in [2.75, 3.05) is 0 Å². The first-order valence-corrected chi connectivity index (χ1v) is 7.42. The highest BCUT2D eigenvalue weighted by Gasteiger charge is 2.40. The fraction of sp³-hybridized carbons (Fsp3) is 0.125. The maximum absolute atomic E-state index is 13.3. The fourth-order valence-electron chi connectivity index (χ4n) is 2.26. The van der Waals surface area contributed by atoms with Gasteiger partial charge in [-0.05, 0) is 30.3 Å². The molecule has 12 heteroatoms. The lowest BCUT2D eigenvalue weighted by Gasteiger charge is -2.10. The van der Waals surface area contributed by atoms with Crippen LogP contribution in [0.4, 0.5) is 27.6 Å². The number of para-hydroxylation sites is 1. The Bertz CT molecular complexity index is 1040. The van der Waals surface area contributed by atoms with Crippen molar-refractivity contribution >= 4 is 5.69 Å². The fourth-order valence-corrected chi connectivity index (χ4v) is 2.26. The summed E-state index contributed by atoms with van der Waals surface area (Å²) in [6.07, 6.45) is -4.95. The topological polar surface area (TPSA) is 91.3 Å². The summed E-state index contributed by atoms with van der Waals surface area (Å²) in [6.45, 7) is -0.584. The summed E-state index contributed by atoms with van der Waals surface area (Å²) in [5.41, 5.74) is -2.64.